The summed E-state index contributed by atoms with van der Waals surface area (Å²) in [5.74, 6) is 0. The van der Waals surface area contributed by atoms with Crippen LogP contribution in [-0.4, -0.2) is 103 Å². The second kappa shape index (κ2) is 13.8. The van der Waals surface area contributed by atoms with Crippen molar-refractivity contribution < 1.29 is 44.4 Å². The van der Waals surface area contributed by atoms with Gasteiger partial charge in [0.25, 0.3) is 0 Å². The molecule has 0 saturated carbocycles. The molecule has 0 aliphatic rings. The second-order valence-corrected chi connectivity index (χ2v) is 1.80. The van der Waals surface area contributed by atoms with E-state index in [4.69, 9.17) is 19.2 Å². The van der Waals surface area contributed by atoms with Gasteiger partial charge in [-0.25, -0.2) is 0 Å². The van der Waals surface area contributed by atoms with Crippen LogP contribution >= 0.6 is 0 Å². The van der Waals surface area contributed by atoms with E-state index in [-0.39, 0.29) is 100 Å². The molecular formula is H12AlCaGaNbO4Si. The van der Waals surface area contributed by atoms with Crippen molar-refractivity contribution >= 4 is 83.9 Å². The Morgan fingerprint density at radius 3 is 1.00 bits per heavy atom. The van der Waals surface area contributed by atoms with E-state index in [1.807, 2.05) is 0 Å². The van der Waals surface area contributed by atoms with E-state index in [0.29, 0.717) is 0 Å². The molecule has 4 N–H and O–H groups in total. The summed E-state index contributed by atoms with van der Waals surface area (Å²) in [4.78, 5) is 29.3. The Morgan fingerprint density at radius 2 is 1.00 bits per heavy atom. The predicted octanol–water partition coefficient (Wildman–Crippen LogP) is -5.13. The van der Waals surface area contributed by atoms with Crippen molar-refractivity contribution in [3.05, 3.63) is 0 Å². The summed E-state index contributed by atoms with van der Waals surface area (Å²) in [6.07, 6.45) is 0. The summed E-state index contributed by atoms with van der Waals surface area (Å²) in [6.45, 7) is 0. The minimum Gasteiger partial charge on any atom is -1.00 e. The van der Waals surface area contributed by atoms with Crippen LogP contribution in [-0.2, 0) is 22.4 Å². The minimum atomic E-state index is -4.61. The fraction of sp³-hybridized carbons (Fsp3) is 0. The van der Waals surface area contributed by atoms with Gasteiger partial charge < -0.3 is 22.0 Å². The van der Waals surface area contributed by atoms with E-state index in [2.05, 4.69) is 0 Å². The van der Waals surface area contributed by atoms with Gasteiger partial charge in [-0.2, -0.15) is 0 Å². The zero-order valence-electron chi connectivity index (χ0n) is 5.44. The summed E-state index contributed by atoms with van der Waals surface area (Å²) in [5, 5.41) is 0. The molecule has 0 aromatic rings. The zero-order valence-corrected chi connectivity index (χ0v) is 8.85. The van der Waals surface area contributed by atoms with Crippen molar-refractivity contribution in [2.24, 2.45) is 0 Å². The van der Waals surface area contributed by atoms with Crippen LogP contribution in [0.25, 0.3) is 0 Å². The van der Waals surface area contributed by atoms with E-state index >= 15 is 0 Å². The summed E-state index contributed by atoms with van der Waals surface area (Å²) >= 11 is 0. The van der Waals surface area contributed by atoms with Gasteiger partial charge in [-0.05, 0) is 0 Å². The minimum absolute atomic E-state index is 0. The van der Waals surface area contributed by atoms with Crippen molar-refractivity contribution in [3.8, 4) is 0 Å². The van der Waals surface area contributed by atoms with Crippen molar-refractivity contribution in [1.82, 2.24) is 0 Å². The molecule has 0 spiro atoms. The molecule has 9 heavy (non-hydrogen) atoms. The predicted molar refractivity (Wildman–Crippen MR) is 42.5 cm³/mol. The smallest absolute Gasteiger partial charge is 0 e. The molecule has 0 aliphatic carbocycles. The van der Waals surface area contributed by atoms with Crippen LogP contribution < -0.4 is 0 Å². The molecule has 0 atom stereocenters. The first-order valence-corrected chi connectivity index (χ1v) is 2.68. The summed E-state index contributed by atoms with van der Waals surface area (Å²) in [7, 11) is -4.61. The zero-order chi connectivity index (χ0) is 4.50. The summed E-state index contributed by atoms with van der Waals surface area (Å²) in [5.41, 5.74) is 0. The van der Waals surface area contributed by atoms with E-state index in [0.717, 1.165) is 0 Å². The quantitative estimate of drug-likeness (QED) is 0.334. The Bertz CT molecular complexity index is 43.6. The molecule has 0 aromatic carbocycles. The third-order valence-corrected chi connectivity index (χ3v) is 0. The second-order valence-electron chi connectivity index (χ2n) is 0.600. The molecule has 0 bridgehead atoms. The Balaban J connectivity index is -0.00000000533. The van der Waals surface area contributed by atoms with Crippen molar-refractivity contribution in [3.63, 3.8) is 0 Å². The molecule has 0 fully saturated rings. The third kappa shape index (κ3) is 91.8. The Labute approximate surface area is 126 Å². The van der Waals surface area contributed by atoms with Gasteiger partial charge in [-0.3, -0.25) is 0 Å². The Morgan fingerprint density at radius 1 is 1.00 bits per heavy atom. The van der Waals surface area contributed by atoms with Crippen LogP contribution in [0.4, 0.5) is 0 Å². The first-order chi connectivity index (χ1) is 2.00. The van der Waals surface area contributed by atoms with Crippen LogP contribution in [0.3, 0.4) is 0 Å². The number of hydrogen-bond donors (Lipinski definition) is 4. The van der Waals surface area contributed by atoms with Gasteiger partial charge in [0, 0.05) is 22.4 Å². The van der Waals surface area contributed by atoms with Crippen LogP contribution in [0.1, 0.15) is 2.85 Å². The maximum atomic E-state index is 7.33. The molecule has 0 amide bonds. The van der Waals surface area contributed by atoms with Crippen LogP contribution in [0.2, 0.25) is 0 Å². The first kappa shape index (κ1) is 29.5. The summed E-state index contributed by atoms with van der Waals surface area (Å²) in [6, 6.07) is 0. The van der Waals surface area contributed by atoms with E-state index in [1.165, 1.54) is 0 Å². The van der Waals surface area contributed by atoms with Crippen molar-refractivity contribution in [2.75, 3.05) is 0 Å². The molecule has 1 radical (unpaired) electrons. The van der Waals surface area contributed by atoms with Crippen LogP contribution in [0.5, 0.6) is 0 Å². The molecule has 9 heteroatoms. The van der Waals surface area contributed by atoms with Gasteiger partial charge in [-0.1, -0.05) is 0 Å². The number of rotatable bonds is 0. The maximum absolute atomic E-state index is 7.33. The SMILES string of the molecule is O[Si](O)(O)O.[AlH3].[Ca+2].[GaH3].[H-].[H-].[Nb]. The van der Waals surface area contributed by atoms with Gasteiger partial charge in [0.2, 0.25) is 0 Å². The molecule has 0 aromatic heterocycles. The molecule has 53 valence electrons. The van der Waals surface area contributed by atoms with E-state index in [9.17, 15) is 0 Å². The first-order valence-electron chi connectivity index (χ1n) is 0.894. The topological polar surface area (TPSA) is 80.9 Å². The average Bonchev–Trinajstić information content (AvgIpc) is 0.722. The molecule has 0 rings (SSSR count). The van der Waals surface area contributed by atoms with Gasteiger partial charge in [0.1, 0.15) is 0 Å². The number of hydrogen-bond acceptors (Lipinski definition) is 4. The molecule has 0 saturated heterocycles. The van der Waals surface area contributed by atoms with Crippen molar-refractivity contribution in [2.45, 2.75) is 0 Å². The largest absolute Gasteiger partial charge is 1.00 e. The fourth-order valence-corrected chi connectivity index (χ4v) is 0. The normalized spacial score (nSPS) is 6.67. The van der Waals surface area contributed by atoms with E-state index < -0.39 is 9.05 Å². The molecule has 4 nitrogen and oxygen atoms in total. The van der Waals surface area contributed by atoms with Gasteiger partial charge in [0.15, 0.2) is 17.4 Å². The maximum Gasteiger partial charge on any atom is 0 e. The van der Waals surface area contributed by atoms with Gasteiger partial charge in [0.05, 0.1) is 0 Å². The molecular weight excluding hydrogens is 322 g/mol. The monoisotopic (exact) mass is 333 g/mol. The standard InChI is InChI=1S/Al.Ca.Ga.Nb.H4O4Si.8H/c;;;;1-5(2,3)4;;;;;;;;/h;;;;1-4H;;;;;;;;/q;+2;;;;;;;;;;2*-1. The summed E-state index contributed by atoms with van der Waals surface area (Å²) < 4.78 is 0. The fourth-order valence-electron chi connectivity index (χ4n) is 0. The van der Waals surface area contributed by atoms with Gasteiger partial charge in [-0.15, -0.1) is 0 Å². The third-order valence-electron chi connectivity index (χ3n) is 0. The molecule has 0 aliphatic heterocycles. The Hall–Kier alpha value is 3.23. The van der Waals surface area contributed by atoms with Crippen LogP contribution in [0, 0.1) is 0 Å². The molecule has 0 heterocycles. The average molecular weight is 334 g/mol. The molecule has 0 unspecified atom stereocenters. The van der Waals surface area contributed by atoms with Crippen LogP contribution in [0.15, 0.2) is 0 Å². The van der Waals surface area contributed by atoms with Gasteiger partial charge >= 0.3 is 66.6 Å². The van der Waals surface area contributed by atoms with E-state index in [1.54, 1.807) is 0 Å². The van der Waals surface area contributed by atoms with Crippen molar-refractivity contribution in [1.29, 1.82) is 0 Å². The Kier molecular flexibility index (Phi) is 45.2.